The highest BCUT2D eigenvalue weighted by molar-refractivity contribution is 7.98. The predicted octanol–water partition coefficient (Wildman–Crippen LogP) is 4.68. The van der Waals surface area contributed by atoms with E-state index in [2.05, 4.69) is 75.1 Å². The molecule has 8 heteroatoms. The van der Waals surface area contributed by atoms with Gasteiger partial charge in [-0.1, -0.05) is 67.2 Å². The minimum atomic E-state index is 0.193. The van der Waals surface area contributed by atoms with Crippen LogP contribution in [0.1, 0.15) is 36.7 Å². The summed E-state index contributed by atoms with van der Waals surface area (Å²) in [7, 11) is 4.15. The van der Waals surface area contributed by atoms with Crippen molar-refractivity contribution < 1.29 is 4.42 Å². The van der Waals surface area contributed by atoms with E-state index >= 15 is 0 Å². The van der Waals surface area contributed by atoms with E-state index in [1.807, 2.05) is 36.4 Å². The van der Waals surface area contributed by atoms with Crippen LogP contribution in [-0.2, 0) is 12.3 Å². The quantitative estimate of drug-likeness (QED) is 0.354. The molecule has 2 aromatic carbocycles. The highest BCUT2D eigenvalue weighted by Gasteiger charge is 2.22. The molecule has 7 nitrogen and oxygen atoms in total. The van der Waals surface area contributed by atoms with Gasteiger partial charge in [0.2, 0.25) is 11.8 Å². The first-order chi connectivity index (χ1) is 15.2. The molecule has 0 fully saturated rings. The molecule has 0 aliphatic heterocycles. The first-order valence-corrected chi connectivity index (χ1v) is 11.3. The summed E-state index contributed by atoms with van der Waals surface area (Å²) in [4.78, 5) is 2.18. The fourth-order valence-electron chi connectivity index (χ4n) is 3.48. The number of thioether (sulfide) groups is 1. The summed E-state index contributed by atoms with van der Waals surface area (Å²) in [6.45, 7) is 2.89. The summed E-state index contributed by atoms with van der Waals surface area (Å²) in [6.07, 6.45) is 0.953. The maximum atomic E-state index is 5.85. The lowest BCUT2D eigenvalue weighted by Crippen LogP contribution is -2.23. The van der Waals surface area contributed by atoms with E-state index in [1.165, 1.54) is 5.56 Å². The van der Waals surface area contributed by atoms with Crippen LogP contribution < -0.4 is 0 Å². The van der Waals surface area contributed by atoms with E-state index in [1.54, 1.807) is 11.8 Å². The van der Waals surface area contributed by atoms with Crippen LogP contribution in [0.15, 0.2) is 70.2 Å². The topological polar surface area (TPSA) is 72.9 Å². The molecule has 0 radical (unpaired) electrons. The molecule has 4 rings (SSSR count). The second-order valence-electron chi connectivity index (χ2n) is 7.46. The zero-order valence-corrected chi connectivity index (χ0v) is 18.8. The summed E-state index contributed by atoms with van der Waals surface area (Å²) in [5.41, 5.74) is 2.13. The van der Waals surface area contributed by atoms with Crippen molar-refractivity contribution in [1.82, 2.24) is 29.9 Å². The van der Waals surface area contributed by atoms with Crippen LogP contribution in [0.2, 0.25) is 0 Å². The van der Waals surface area contributed by atoms with Crippen molar-refractivity contribution in [3.8, 4) is 11.5 Å². The highest BCUT2D eigenvalue weighted by Crippen LogP contribution is 2.28. The van der Waals surface area contributed by atoms with Crippen molar-refractivity contribution in [2.75, 3.05) is 14.1 Å². The summed E-state index contributed by atoms with van der Waals surface area (Å²) in [5.74, 6) is 2.60. The van der Waals surface area contributed by atoms with Gasteiger partial charge in [0.05, 0.1) is 18.3 Å². The van der Waals surface area contributed by atoms with Gasteiger partial charge in [0, 0.05) is 5.56 Å². The van der Waals surface area contributed by atoms with E-state index in [9.17, 15) is 0 Å². The van der Waals surface area contributed by atoms with E-state index in [0.29, 0.717) is 17.5 Å². The molecule has 31 heavy (non-hydrogen) atoms. The standard InChI is InChI=1S/C23H26N6OS/c1-4-19(28(2)3)21-25-27-23(29(21)15-17-11-7-5-8-12-17)31-16-20-24-26-22(30-20)18-13-9-6-10-14-18/h5-14,19H,4,15-16H2,1-3H3. The lowest BCUT2D eigenvalue weighted by molar-refractivity contribution is 0.272. The number of aromatic nitrogens is 5. The Hall–Kier alpha value is -2.97. The van der Waals surface area contributed by atoms with Crippen molar-refractivity contribution in [2.45, 2.75) is 36.8 Å². The molecule has 0 spiro atoms. The lowest BCUT2D eigenvalue weighted by atomic mass is 10.2. The molecule has 1 unspecified atom stereocenters. The summed E-state index contributed by atoms with van der Waals surface area (Å²) >= 11 is 1.56. The van der Waals surface area contributed by atoms with E-state index in [4.69, 9.17) is 4.42 Å². The van der Waals surface area contributed by atoms with Crippen molar-refractivity contribution in [3.63, 3.8) is 0 Å². The smallest absolute Gasteiger partial charge is 0.247 e. The molecule has 0 bridgehead atoms. The fraction of sp³-hybridized carbons (Fsp3) is 0.304. The van der Waals surface area contributed by atoms with Crippen LogP contribution in [0.5, 0.6) is 0 Å². The Morgan fingerprint density at radius 1 is 0.935 bits per heavy atom. The van der Waals surface area contributed by atoms with Crippen LogP contribution in [0.25, 0.3) is 11.5 Å². The highest BCUT2D eigenvalue weighted by atomic mass is 32.2. The van der Waals surface area contributed by atoms with Crippen LogP contribution in [0.3, 0.4) is 0 Å². The van der Waals surface area contributed by atoms with Crippen molar-refractivity contribution >= 4 is 11.8 Å². The van der Waals surface area contributed by atoms with Crippen molar-refractivity contribution in [3.05, 3.63) is 77.9 Å². The molecule has 0 aliphatic rings. The van der Waals surface area contributed by atoms with E-state index in [-0.39, 0.29) is 6.04 Å². The Labute approximate surface area is 186 Å². The number of hydrogen-bond donors (Lipinski definition) is 0. The number of hydrogen-bond acceptors (Lipinski definition) is 7. The third kappa shape index (κ3) is 5.03. The molecule has 2 aromatic heterocycles. The largest absolute Gasteiger partial charge is 0.420 e. The SMILES string of the molecule is CCC(c1nnc(SCc2nnc(-c3ccccc3)o2)n1Cc1ccccc1)N(C)C. The zero-order chi connectivity index (χ0) is 21.6. The molecule has 0 N–H and O–H groups in total. The first-order valence-electron chi connectivity index (χ1n) is 10.3. The van der Waals surface area contributed by atoms with Crippen LogP contribution in [0, 0.1) is 0 Å². The minimum absolute atomic E-state index is 0.193. The fourth-order valence-corrected chi connectivity index (χ4v) is 4.26. The molecule has 4 aromatic rings. The van der Waals surface area contributed by atoms with Gasteiger partial charge in [-0.05, 0) is 38.2 Å². The molecule has 0 saturated heterocycles. The number of benzene rings is 2. The average molecular weight is 435 g/mol. The minimum Gasteiger partial charge on any atom is -0.420 e. The molecular weight excluding hydrogens is 408 g/mol. The van der Waals surface area contributed by atoms with Crippen LogP contribution >= 0.6 is 11.8 Å². The monoisotopic (exact) mass is 434 g/mol. The van der Waals surface area contributed by atoms with Gasteiger partial charge < -0.3 is 8.98 Å². The number of rotatable bonds is 9. The van der Waals surface area contributed by atoms with Gasteiger partial charge in [-0.2, -0.15) is 0 Å². The second kappa shape index (κ2) is 9.89. The Balaban J connectivity index is 1.56. The Morgan fingerprint density at radius 2 is 1.65 bits per heavy atom. The van der Waals surface area contributed by atoms with Crippen molar-refractivity contribution in [2.24, 2.45) is 0 Å². The molecular formula is C23H26N6OS. The molecule has 0 saturated carbocycles. The zero-order valence-electron chi connectivity index (χ0n) is 18.0. The Morgan fingerprint density at radius 3 is 2.32 bits per heavy atom. The third-order valence-electron chi connectivity index (χ3n) is 5.05. The van der Waals surface area contributed by atoms with Crippen LogP contribution in [0.4, 0.5) is 0 Å². The van der Waals surface area contributed by atoms with Crippen molar-refractivity contribution in [1.29, 1.82) is 0 Å². The molecule has 0 amide bonds. The maximum absolute atomic E-state index is 5.85. The van der Waals surface area contributed by atoms with E-state index < -0.39 is 0 Å². The van der Waals surface area contributed by atoms with Gasteiger partial charge in [0.25, 0.3) is 0 Å². The van der Waals surface area contributed by atoms with Crippen LogP contribution in [-0.4, -0.2) is 44.0 Å². The summed E-state index contributed by atoms with van der Waals surface area (Å²) < 4.78 is 8.05. The molecule has 2 heterocycles. The normalized spacial score (nSPS) is 12.4. The predicted molar refractivity (Wildman–Crippen MR) is 122 cm³/mol. The third-order valence-corrected chi connectivity index (χ3v) is 6.00. The first kappa shape index (κ1) is 21.3. The maximum Gasteiger partial charge on any atom is 0.247 e. The molecule has 1 atom stereocenters. The van der Waals surface area contributed by atoms with Gasteiger partial charge in [0.1, 0.15) is 0 Å². The Bertz CT molecular complexity index is 1090. The van der Waals surface area contributed by atoms with Gasteiger partial charge in [-0.15, -0.1) is 20.4 Å². The van der Waals surface area contributed by atoms with Gasteiger partial charge in [-0.3, -0.25) is 4.90 Å². The van der Waals surface area contributed by atoms with Gasteiger partial charge in [-0.25, -0.2) is 0 Å². The molecule has 0 aliphatic carbocycles. The number of nitrogens with zero attached hydrogens (tertiary/aromatic N) is 6. The lowest BCUT2D eigenvalue weighted by Gasteiger charge is -2.23. The molecule has 160 valence electrons. The second-order valence-corrected chi connectivity index (χ2v) is 8.40. The average Bonchev–Trinajstić information content (AvgIpc) is 3.42. The van der Waals surface area contributed by atoms with E-state index in [0.717, 1.165) is 29.5 Å². The summed E-state index contributed by atoms with van der Waals surface area (Å²) in [6, 6.07) is 20.4. The van der Waals surface area contributed by atoms with Gasteiger partial charge >= 0.3 is 0 Å². The summed E-state index contributed by atoms with van der Waals surface area (Å²) in [5, 5.41) is 18.3. The van der Waals surface area contributed by atoms with Gasteiger partial charge in [0.15, 0.2) is 11.0 Å². The Kier molecular flexibility index (Phi) is 6.79.